The summed E-state index contributed by atoms with van der Waals surface area (Å²) in [5.41, 5.74) is 5.71. The number of nitrogens with two attached hydrogens (primary N) is 1. The molecule has 0 saturated carbocycles. The first kappa shape index (κ1) is 17.4. The average molecular weight is 349 g/mol. The lowest BCUT2D eigenvalue weighted by Gasteiger charge is -2.08. The lowest BCUT2D eigenvalue weighted by molar-refractivity contribution is 0.0466. The first-order chi connectivity index (χ1) is 11.4. The molecule has 0 aliphatic carbocycles. The summed E-state index contributed by atoms with van der Waals surface area (Å²) in [6.45, 7) is -0.176. The number of carbonyl (C=O) groups excluding carboxylic acids is 3. The summed E-state index contributed by atoms with van der Waals surface area (Å²) < 4.78 is 9.73. The molecule has 1 heterocycles. The van der Waals surface area contributed by atoms with E-state index in [-0.39, 0.29) is 23.6 Å². The van der Waals surface area contributed by atoms with Gasteiger partial charge in [0.25, 0.3) is 5.91 Å². The van der Waals surface area contributed by atoms with Crippen molar-refractivity contribution < 1.29 is 23.9 Å². The molecule has 0 bridgehead atoms. The van der Waals surface area contributed by atoms with E-state index in [4.69, 9.17) is 22.1 Å². The molecular formula is C16H13ClN2O5. The second kappa shape index (κ2) is 7.56. The van der Waals surface area contributed by atoms with E-state index in [1.54, 1.807) is 0 Å². The molecule has 124 valence electrons. The van der Waals surface area contributed by atoms with Gasteiger partial charge in [0.15, 0.2) is 0 Å². The first-order valence-electron chi connectivity index (χ1n) is 6.73. The van der Waals surface area contributed by atoms with Crippen molar-refractivity contribution in [3.05, 3.63) is 63.9 Å². The molecule has 24 heavy (non-hydrogen) atoms. The quantitative estimate of drug-likeness (QED) is 0.827. The normalized spacial score (nSPS) is 10.1. The number of methoxy groups -OCH3 is 1. The largest absolute Gasteiger partial charge is 0.465 e. The number of halogens is 1. The maximum absolute atomic E-state index is 12.0. The van der Waals surface area contributed by atoms with Gasteiger partial charge in [0.1, 0.15) is 18.0 Å². The molecule has 2 rings (SSSR count). The lowest BCUT2D eigenvalue weighted by atomic mass is 10.1. The van der Waals surface area contributed by atoms with Crippen LogP contribution in [0.2, 0.25) is 5.02 Å². The number of nitrogens with zero attached hydrogens (tertiary/aromatic N) is 1. The van der Waals surface area contributed by atoms with Gasteiger partial charge in [0, 0.05) is 10.6 Å². The number of primary amides is 1. The van der Waals surface area contributed by atoms with Gasteiger partial charge in [0.05, 0.1) is 12.7 Å². The summed E-state index contributed by atoms with van der Waals surface area (Å²) in [6, 6.07) is 8.71. The molecule has 1 amide bonds. The van der Waals surface area contributed by atoms with Crippen LogP contribution in [0.25, 0.3) is 0 Å². The standard InChI is InChI=1S/C16H13ClN2O5/c1-23-15(21)9-5-6-11(17)10(7-9)8-24-16(22)13-4-2-3-12(19-13)14(18)20/h2-7H,8H2,1H3,(H2,18,20). The van der Waals surface area contributed by atoms with E-state index in [1.807, 2.05) is 0 Å². The second-order valence-electron chi connectivity index (χ2n) is 4.65. The minimum atomic E-state index is -0.752. The molecule has 0 unspecified atom stereocenters. The molecule has 7 nitrogen and oxygen atoms in total. The van der Waals surface area contributed by atoms with Crippen LogP contribution in [0.4, 0.5) is 0 Å². The number of amides is 1. The second-order valence-corrected chi connectivity index (χ2v) is 5.05. The number of ether oxygens (including phenoxy) is 2. The number of hydrogen-bond donors (Lipinski definition) is 1. The summed E-state index contributed by atoms with van der Waals surface area (Å²) in [4.78, 5) is 38.4. The number of pyridine rings is 1. The van der Waals surface area contributed by atoms with Crippen LogP contribution in [0, 0.1) is 0 Å². The van der Waals surface area contributed by atoms with Gasteiger partial charge in [-0.1, -0.05) is 17.7 Å². The lowest BCUT2D eigenvalue weighted by Crippen LogP contribution is -2.16. The van der Waals surface area contributed by atoms with Crippen LogP contribution in [-0.2, 0) is 16.1 Å². The van der Waals surface area contributed by atoms with Crippen molar-refractivity contribution in [1.82, 2.24) is 4.98 Å². The zero-order valence-electron chi connectivity index (χ0n) is 12.6. The SMILES string of the molecule is COC(=O)c1ccc(Cl)c(COC(=O)c2cccc(C(N)=O)n2)c1. The summed E-state index contributed by atoms with van der Waals surface area (Å²) in [7, 11) is 1.26. The number of carbonyl (C=O) groups is 3. The maximum Gasteiger partial charge on any atom is 0.357 e. The van der Waals surface area contributed by atoms with Crippen molar-refractivity contribution in [2.45, 2.75) is 6.61 Å². The number of hydrogen-bond acceptors (Lipinski definition) is 6. The van der Waals surface area contributed by atoms with Gasteiger partial charge in [-0.2, -0.15) is 0 Å². The van der Waals surface area contributed by atoms with E-state index < -0.39 is 17.8 Å². The molecule has 0 aliphatic heterocycles. The molecule has 0 aliphatic rings. The van der Waals surface area contributed by atoms with Gasteiger partial charge < -0.3 is 15.2 Å². The zero-order valence-corrected chi connectivity index (χ0v) is 13.4. The highest BCUT2D eigenvalue weighted by Crippen LogP contribution is 2.19. The van der Waals surface area contributed by atoms with Crippen molar-refractivity contribution in [2.75, 3.05) is 7.11 Å². The number of benzene rings is 1. The highest BCUT2D eigenvalue weighted by molar-refractivity contribution is 6.31. The zero-order chi connectivity index (χ0) is 17.7. The third kappa shape index (κ3) is 4.08. The van der Waals surface area contributed by atoms with E-state index in [0.29, 0.717) is 10.6 Å². The summed E-state index contributed by atoms with van der Waals surface area (Å²) in [6.07, 6.45) is 0. The molecule has 0 saturated heterocycles. The Labute approximate surface area is 142 Å². The fraction of sp³-hybridized carbons (Fsp3) is 0.125. The van der Waals surface area contributed by atoms with Crippen molar-refractivity contribution in [2.24, 2.45) is 5.73 Å². The van der Waals surface area contributed by atoms with Crippen molar-refractivity contribution in [3.63, 3.8) is 0 Å². The smallest absolute Gasteiger partial charge is 0.357 e. The Balaban J connectivity index is 2.13. The third-order valence-corrected chi connectivity index (χ3v) is 3.40. The number of esters is 2. The minimum absolute atomic E-state index is 0.0461. The Morgan fingerprint density at radius 1 is 1.12 bits per heavy atom. The highest BCUT2D eigenvalue weighted by Gasteiger charge is 2.14. The first-order valence-corrected chi connectivity index (χ1v) is 7.11. The van der Waals surface area contributed by atoms with E-state index in [0.717, 1.165) is 0 Å². The molecule has 8 heteroatoms. The topological polar surface area (TPSA) is 109 Å². The molecule has 0 fully saturated rings. The molecule has 1 aromatic heterocycles. The molecule has 0 atom stereocenters. The molecular weight excluding hydrogens is 336 g/mol. The van der Waals surface area contributed by atoms with Crippen LogP contribution >= 0.6 is 11.6 Å². The molecule has 0 radical (unpaired) electrons. The minimum Gasteiger partial charge on any atom is -0.465 e. The molecule has 2 N–H and O–H groups in total. The third-order valence-electron chi connectivity index (χ3n) is 3.04. The predicted molar refractivity (Wildman–Crippen MR) is 84.7 cm³/mol. The predicted octanol–water partition coefficient (Wildman–Crippen LogP) is 1.98. The van der Waals surface area contributed by atoms with E-state index in [2.05, 4.69) is 9.72 Å². The van der Waals surface area contributed by atoms with Gasteiger partial charge in [0.2, 0.25) is 0 Å². The summed E-state index contributed by atoms with van der Waals surface area (Å²) in [5, 5.41) is 0.328. The van der Waals surface area contributed by atoms with Gasteiger partial charge in [-0.3, -0.25) is 4.79 Å². The Kier molecular flexibility index (Phi) is 5.49. The van der Waals surface area contributed by atoms with Crippen molar-refractivity contribution in [1.29, 1.82) is 0 Å². The maximum atomic E-state index is 12.0. The summed E-state index contributed by atoms with van der Waals surface area (Å²) in [5.74, 6) is -2.04. The van der Waals surface area contributed by atoms with E-state index >= 15 is 0 Å². The van der Waals surface area contributed by atoms with Crippen LogP contribution in [-0.4, -0.2) is 29.9 Å². The van der Waals surface area contributed by atoms with E-state index in [1.165, 1.54) is 43.5 Å². The Bertz CT molecular complexity index is 807. The van der Waals surface area contributed by atoms with Gasteiger partial charge in [-0.15, -0.1) is 0 Å². The Morgan fingerprint density at radius 3 is 2.50 bits per heavy atom. The number of rotatable bonds is 5. The molecule has 2 aromatic rings. The van der Waals surface area contributed by atoms with E-state index in [9.17, 15) is 14.4 Å². The molecule has 0 spiro atoms. The average Bonchev–Trinajstić information content (AvgIpc) is 2.60. The van der Waals surface area contributed by atoms with Crippen LogP contribution in [0.5, 0.6) is 0 Å². The summed E-state index contributed by atoms with van der Waals surface area (Å²) >= 11 is 6.02. The monoisotopic (exact) mass is 348 g/mol. The van der Waals surface area contributed by atoms with Gasteiger partial charge in [-0.25, -0.2) is 14.6 Å². The molecule has 1 aromatic carbocycles. The van der Waals surface area contributed by atoms with Crippen molar-refractivity contribution >= 4 is 29.4 Å². The Morgan fingerprint density at radius 2 is 1.83 bits per heavy atom. The fourth-order valence-electron chi connectivity index (χ4n) is 1.83. The number of aromatic nitrogens is 1. The highest BCUT2D eigenvalue weighted by atomic mass is 35.5. The Hall–Kier alpha value is -2.93. The van der Waals surface area contributed by atoms with Gasteiger partial charge in [-0.05, 0) is 30.3 Å². The van der Waals surface area contributed by atoms with Crippen LogP contribution in [0.3, 0.4) is 0 Å². The van der Waals surface area contributed by atoms with Crippen LogP contribution < -0.4 is 5.73 Å². The van der Waals surface area contributed by atoms with Crippen LogP contribution in [0.1, 0.15) is 36.9 Å². The van der Waals surface area contributed by atoms with Crippen molar-refractivity contribution in [3.8, 4) is 0 Å². The fourth-order valence-corrected chi connectivity index (χ4v) is 2.01. The van der Waals surface area contributed by atoms with Crippen LogP contribution in [0.15, 0.2) is 36.4 Å². The van der Waals surface area contributed by atoms with Gasteiger partial charge >= 0.3 is 11.9 Å².